The molecule has 0 atom stereocenters. The van der Waals surface area contributed by atoms with Crippen molar-refractivity contribution in [3.63, 3.8) is 0 Å². The third kappa shape index (κ3) is 2.98. The molecule has 0 unspecified atom stereocenters. The molecule has 2 saturated carbocycles. The Hall–Kier alpha value is -0.0800. The normalized spacial score (nSPS) is 35.6. The van der Waals surface area contributed by atoms with Crippen molar-refractivity contribution in [2.45, 2.75) is 51.5 Å². The first-order chi connectivity index (χ1) is 7.65. The lowest BCUT2D eigenvalue weighted by Crippen LogP contribution is -2.45. The van der Waals surface area contributed by atoms with Gasteiger partial charge in [-0.15, -0.1) is 0 Å². The fourth-order valence-corrected chi connectivity index (χ4v) is 3.31. The number of nitrogens with zero attached hydrogens (tertiary/aromatic N) is 1. The van der Waals surface area contributed by atoms with E-state index in [0.717, 1.165) is 12.0 Å². The van der Waals surface area contributed by atoms with E-state index < -0.39 is 0 Å². The van der Waals surface area contributed by atoms with Crippen LogP contribution in [0.2, 0.25) is 0 Å². The molecule has 0 aromatic heterocycles. The lowest BCUT2D eigenvalue weighted by Gasteiger charge is -2.42. The Morgan fingerprint density at radius 1 is 1.19 bits per heavy atom. The first-order valence-electron chi connectivity index (χ1n) is 7.00. The monoisotopic (exact) mass is 224 g/mol. The lowest BCUT2D eigenvalue weighted by atomic mass is 9.70. The van der Waals surface area contributed by atoms with E-state index in [0.29, 0.717) is 5.41 Å². The van der Waals surface area contributed by atoms with Gasteiger partial charge < -0.3 is 10.2 Å². The van der Waals surface area contributed by atoms with Crippen molar-refractivity contribution in [2.75, 3.05) is 27.2 Å². The molecule has 0 spiro atoms. The van der Waals surface area contributed by atoms with Gasteiger partial charge in [-0.25, -0.2) is 0 Å². The minimum absolute atomic E-state index is 0.568. The van der Waals surface area contributed by atoms with Crippen LogP contribution in [0.15, 0.2) is 0 Å². The summed E-state index contributed by atoms with van der Waals surface area (Å²) in [6, 6.07) is 0.910. The third-order valence-electron chi connectivity index (χ3n) is 4.64. The number of hydrogen-bond acceptors (Lipinski definition) is 2. The highest BCUT2D eigenvalue weighted by Crippen LogP contribution is 2.40. The Kier molecular flexibility index (Phi) is 3.91. The fraction of sp³-hybridized carbons (Fsp3) is 1.00. The average Bonchev–Trinajstić information content (AvgIpc) is 3.06. The van der Waals surface area contributed by atoms with Crippen molar-refractivity contribution in [2.24, 2.45) is 11.3 Å². The molecule has 2 rings (SSSR count). The molecule has 0 bridgehead atoms. The van der Waals surface area contributed by atoms with Crippen molar-refractivity contribution >= 4 is 0 Å². The van der Waals surface area contributed by atoms with Gasteiger partial charge >= 0.3 is 0 Å². The SMILES string of the molecule is CNCC1(CN(C)C2CC2)CCC(C)CC1. The van der Waals surface area contributed by atoms with Crippen LogP contribution in [0.1, 0.15) is 45.4 Å². The van der Waals surface area contributed by atoms with Crippen LogP contribution in [-0.2, 0) is 0 Å². The van der Waals surface area contributed by atoms with E-state index >= 15 is 0 Å². The summed E-state index contributed by atoms with van der Waals surface area (Å²) in [5, 5.41) is 3.43. The smallest absolute Gasteiger partial charge is 0.00936 e. The van der Waals surface area contributed by atoms with Gasteiger partial charge in [0.05, 0.1) is 0 Å². The van der Waals surface area contributed by atoms with Gasteiger partial charge in [-0.05, 0) is 51.1 Å². The summed E-state index contributed by atoms with van der Waals surface area (Å²) in [7, 11) is 4.43. The molecule has 0 aromatic rings. The van der Waals surface area contributed by atoms with Gasteiger partial charge in [0.1, 0.15) is 0 Å². The van der Waals surface area contributed by atoms with Crippen LogP contribution in [0.25, 0.3) is 0 Å². The van der Waals surface area contributed by atoms with Crippen LogP contribution < -0.4 is 5.32 Å². The molecule has 2 nitrogen and oxygen atoms in total. The third-order valence-corrected chi connectivity index (χ3v) is 4.64. The highest BCUT2D eigenvalue weighted by atomic mass is 15.2. The second-order valence-corrected chi connectivity index (χ2v) is 6.36. The van der Waals surface area contributed by atoms with Gasteiger partial charge in [0, 0.05) is 19.1 Å². The first kappa shape index (κ1) is 12.4. The predicted molar refractivity (Wildman–Crippen MR) is 69.6 cm³/mol. The molecule has 94 valence electrons. The molecule has 2 aliphatic rings. The molecule has 0 saturated heterocycles. The Balaban J connectivity index is 1.91. The molecule has 2 heteroatoms. The summed E-state index contributed by atoms with van der Waals surface area (Å²) >= 11 is 0. The summed E-state index contributed by atoms with van der Waals surface area (Å²) in [5.74, 6) is 0.955. The average molecular weight is 224 g/mol. The summed E-state index contributed by atoms with van der Waals surface area (Å²) in [6.45, 7) is 4.93. The van der Waals surface area contributed by atoms with E-state index in [9.17, 15) is 0 Å². The summed E-state index contributed by atoms with van der Waals surface area (Å²) in [5.41, 5.74) is 0.568. The topological polar surface area (TPSA) is 15.3 Å². The standard InChI is InChI=1S/C14H28N2/c1-12-6-8-14(9-7-12,10-15-2)11-16(3)13-4-5-13/h12-13,15H,4-11H2,1-3H3. The van der Waals surface area contributed by atoms with E-state index in [1.54, 1.807) is 0 Å². The zero-order valence-corrected chi connectivity index (χ0v) is 11.3. The zero-order chi connectivity index (χ0) is 11.6. The van der Waals surface area contributed by atoms with Crippen LogP contribution in [0.3, 0.4) is 0 Å². The molecule has 0 aliphatic heterocycles. The van der Waals surface area contributed by atoms with Crippen LogP contribution in [0.4, 0.5) is 0 Å². The van der Waals surface area contributed by atoms with Gasteiger partial charge in [0.25, 0.3) is 0 Å². The Bertz CT molecular complexity index is 215. The van der Waals surface area contributed by atoms with E-state index in [1.807, 2.05) is 0 Å². The minimum atomic E-state index is 0.568. The summed E-state index contributed by atoms with van der Waals surface area (Å²) < 4.78 is 0. The highest BCUT2D eigenvalue weighted by Gasteiger charge is 2.37. The zero-order valence-electron chi connectivity index (χ0n) is 11.3. The van der Waals surface area contributed by atoms with Gasteiger partial charge in [0.15, 0.2) is 0 Å². The van der Waals surface area contributed by atoms with E-state index in [2.05, 4.69) is 31.2 Å². The minimum Gasteiger partial charge on any atom is -0.319 e. The van der Waals surface area contributed by atoms with Gasteiger partial charge in [0.2, 0.25) is 0 Å². The van der Waals surface area contributed by atoms with Crippen LogP contribution in [0, 0.1) is 11.3 Å². The molecule has 2 aliphatic carbocycles. The maximum Gasteiger partial charge on any atom is 0.00936 e. The second-order valence-electron chi connectivity index (χ2n) is 6.36. The molecule has 2 fully saturated rings. The van der Waals surface area contributed by atoms with E-state index in [4.69, 9.17) is 0 Å². The highest BCUT2D eigenvalue weighted by molar-refractivity contribution is 4.92. The predicted octanol–water partition coefficient (Wildman–Crippen LogP) is 2.50. The van der Waals surface area contributed by atoms with E-state index in [-0.39, 0.29) is 0 Å². The fourth-order valence-electron chi connectivity index (χ4n) is 3.31. The molecule has 0 aromatic carbocycles. The molecule has 0 heterocycles. The Morgan fingerprint density at radius 2 is 1.81 bits per heavy atom. The van der Waals surface area contributed by atoms with Crippen LogP contribution in [-0.4, -0.2) is 38.1 Å². The molecule has 0 radical (unpaired) electrons. The Morgan fingerprint density at radius 3 is 2.31 bits per heavy atom. The van der Waals surface area contributed by atoms with Crippen molar-refractivity contribution in [3.05, 3.63) is 0 Å². The summed E-state index contributed by atoms with van der Waals surface area (Å²) in [6.07, 6.45) is 8.57. The molecule has 16 heavy (non-hydrogen) atoms. The number of rotatable bonds is 5. The van der Waals surface area contributed by atoms with Crippen molar-refractivity contribution in [3.8, 4) is 0 Å². The van der Waals surface area contributed by atoms with Crippen molar-refractivity contribution in [1.29, 1.82) is 0 Å². The van der Waals surface area contributed by atoms with Crippen molar-refractivity contribution in [1.82, 2.24) is 10.2 Å². The molecule has 1 N–H and O–H groups in total. The maximum atomic E-state index is 3.43. The van der Waals surface area contributed by atoms with Gasteiger partial charge in [-0.3, -0.25) is 0 Å². The van der Waals surface area contributed by atoms with Gasteiger partial charge in [-0.1, -0.05) is 19.8 Å². The van der Waals surface area contributed by atoms with Gasteiger partial charge in [-0.2, -0.15) is 0 Å². The van der Waals surface area contributed by atoms with Crippen molar-refractivity contribution < 1.29 is 0 Å². The second kappa shape index (κ2) is 5.05. The molecular formula is C14H28N2. The molecular weight excluding hydrogens is 196 g/mol. The van der Waals surface area contributed by atoms with Crippen LogP contribution in [0.5, 0.6) is 0 Å². The summed E-state index contributed by atoms with van der Waals surface area (Å²) in [4.78, 5) is 2.62. The maximum absolute atomic E-state index is 3.43. The first-order valence-corrected chi connectivity index (χ1v) is 7.00. The molecule has 0 amide bonds. The number of hydrogen-bond donors (Lipinski definition) is 1. The quantitative estimate of drug-likeness (QED) is 0.772. The van der Waals surface area contributed by atoms with E-state index in [1.165, 1.54) is 51.6 Å². The number of nitrogens with one attached hydrogen (secondary N) is 1. The Labute approximate surface area is 101 Å². The van der Waals surface area contributed by atoms with Crippen LogP contribution >= 0.6 is 0 Å². The lowest BCUT2D eigenvalue weighted by molar-refractivity contribution is 0.0976. The largest absolute Gasteiger partial charge is 0.319 e.